The van der Waals surface area contributed by atoms with E-state index in [0.29, 0.717) is 4.47 Å². The van der Waals surface area contributed by atoms with E-state index in [2.05, 4.69) is 15.9 Å². The third-order valence-corrected chi connectivity index (χ3v) is 2.41. The van der Waals surface area contributed by atoms with Gasteiger partial charge < -0.3 is 0 Å². The molecule has 1 aromatic rings. The van der Waals surface area contributed by atoms with E-state index in [0.717, 1.165) is 11.5 Å². The van der Waals surface area contributed by atoms with Crippen LogP contribution in [-0.4, -0.2) is 8.42 Å². The first kappa shape index (κ1) is 11.4. The van der Waals surface area contributed by atoms with Crippen molar-refractivity contribution in [2.45, 2.75) is 0 Å². The van der Waals surface area contributed by atoms with Crippen molar-refractivity contribution in [3.05, 3.63) is 39.5 Å². The second kappa shape index (κ2) is 4.20. The molecule has 0 heterocycles. The summed E-state index contributed by atoms with van der Waals surface area (Å²) in [7, 11) is -3.71. The molecule has 0 saturated heterocycles. The molecule has 76 valence electrons. The maximum atomic E-state index is 13.1. The molecule has 0 amide bonds. The van der Waals surface area contributed by atoms with Crippen molar-refractivity contribution >= 4 is 32.0 Å². The van der Waals surface area contributed by atoms with Gasteiger partial charge in [-0.05, 0) is 18.2 Å². The summed E-state index contributed by atoms with van der Waals surface area (Å²) in [5, 5.41) is 5.47. The van der Waals surface area contributed by atoms with Crippen LogP contribution in [0, 0.1) is 5.82 Å². The van der Waals surface area contributed by atoms with Crippen LogP contribution in [0.4, 0.5) is 4.39 Å². The Hall–Kier alpha value is -0.720. The lowest BCUT2D eigenvalue weighted by Crippen LogP contribution is -2.06. The van der Waals surface area contributed by atoms with Crippen LogP contribution in [0.5, 0.6) is 0 Å². The van der Waals surface area contributed by atoms with Crippen molar-refractivity contribution < 1.29 is 12.8 Å². The third kappa shape index (κ3) is 3.57. The molecule has 0 aliphatic rings. The van der Waals surface area contributed by atoms with Gasteiger partial charge in [-0.3, -0.25) is 0 Å². The molecule has 0 unspecified atom stereocenters. The van der Waals surface area contributed by atoms with E-state index < -0.39 is 15.8 Å². The van der Waals surface area contributed by atoms with Gasteiger partial charge in [0, 0.05) is 15.4 Å². The first-order valence-corrected chi connectivity index (χ1v) is 5.95. The zero-order valence-corrected chi connectivity index (χ0v) is 9.35. The molecule has 3 nitrogen and oxygen atoms in total. The Labute approximate surface area is 89.6 Å². The molecule has 0 atom stereocenters. The lowest BCUT2D eigenvalue weighted by Gasteiger charge is -1.96. The smallest absolute Gasteiger partial charge is 0.225 e. The summed E-state index contributed by atoms with van der Waals surface area (Å²) >= 11 is 3.08. The van der Waals surface area contributed by atoms with Crippen molar-refractivity contribution in [2.24, 2.45) is 5.14 Å². The van der Waals surface area contributed by atoms with E-state index in [1.54, 1.807) is 6.07 Å². The summed E-state index contributed by atoms with van der Waals surface area (Å²) in [6, 6.07) is 4.29. The molecule has 0 fully saturated rings. The fourth-order valence-electron chi connectivity index (χ4n) is 0.805. The molecule has 1 rings (SSSR count). The van der Waals surface area contributed by atoms with E-state index in [1.807, 2.05) is 0 Å². The summed E-state index contributed by atoms with van der Waals surface area (Å²) < 4.78 is 34.8. The SMILES string of the molecule is NS(=O)(=O)/C=C/c1ccc(Br)cc1F. The Kier molecular flexibility index (Phi) is 3.41. The van der Waals surface area contributed by atoms with Crippen LogP contribution >= 0.6 is 15.9 Å². The van der Waals surface area contributed by atoms with Crippen LogP contribution < -0.4 is 5.14 Å². The minimum Gasteiger partial charge on any atom is -0.225 e. The molecule has 14 heavy (non-hydrogen) atoms. The Morgan fingerprint density at radius 2 is 2.07 bits per heavy atom. The average molecular weight is 280 g/mol. The van der Waals surface area contributed by atoms with Gasteiger partial charge in [0.1, 0.15) is 5.82 Å². The van der Waals surface area contributed by atoms with Crippen LogP contribution in [0.25, 0.3) is 6.08 Å². The van der Waals surface area contributed by atoms with E-state index >= 15 is 0 Å². The lowest BCUT2D eigenvalue weighted by atomic mass is 10.2. The monoisotopic (exact) mass is 279 g/mol. The molecule has 0 spiro atoms. The van der Waals surface area contributed by atoms with Crippen molar-refractivity contribution in [3.63, 3.8) is 0 Å². The molecule has 2 N–H and O–H groups in total. The number of primary sulfonamides is 1. The fourth-order valence-corrected chi connectivity index (χ4v) is 1.47. The highest BCUT2D eigenvalue weighted by atomic mass is 79.9. The normalized spacial score (nSPS) is 12.2. The van der Waals surface area contributed by atoms with Crippen LogP contribution in [-0.2, 0) is 10.0 Å². The second-order valence-electron chi connectivity index (χ2n) is 2.56. The Bertz CT molecular complexity index is 470. The highest BCUT2D eigenvalue weighted by molar-refractivity contribution is 9.10. The van der Waals surface area contributed by atoms with Gasteiger partial charge in [-0.1, -0.05) is 22.0 Å². The van der Waals surface area contributed by atoms with E-state index in [1.165, 1.54) is 12.1 Å². The summed E-state index contributed by atoms with van der Waals surface area (Å²) in [5.41, 5.74) is 0.169. The van der Waals surface area contributed by atoms with E-state index in [9.17, 15) is 12.8 Å². The number of sulfonamides is 1. The van der Waals surface area contributed by atoms with Crippen molar-refractivity contribution in [2.75, 3.05) is 0 Å². The zero-order chi connectivity index (χ0) is 10.8. The minimum absolute atomic E-state index is 0.169. The number of benzene rings is 1. The van der Waals surface area contributed by atoms with Gasteiger partial charge in [0.15, 0.2) is 0 Å². The maximum Gasteiger partial charge on any atom is 0.231 e. The fraction of sp³-hybridized carbons (Fsp3) is 0. The standard InChI is InChI=1S/C8H7BrFNO2S/c9-7-2-1-6(8(10)5-7)3-4-14(11,12)13/h1-5H,(H2,11,12,13)/b4-3+. The average Bonchev–Trinajstić information content (AvgIpc) is 2.00. The molecular formula is C8H7BrFNO2S. The van der Waals surface area contributed by atoms with Crippen LogP contribution in [0.15, 0.2) is 28.1 Å². The number of rotatable bonds is 2. The van der Waals surface area contributed by atoms with Gasteiger partial charge in [-0.2, -0.15) is 0 Å². The van der Waals surface area contributed by atoms with Crippen molar-refractivity contribution in [1.29, 1.82) is 0 Å². The first-order valence-electron chi connectivity index (χ1n) is 3.54. The molecule has 1 aromatic carbocycles. The molecule has 0 saturated carbocycles. The van der Waals surface area contributed by atoms with Crippen molar-refractivity contribution in [3.8, 4) is 0 Å². The number of halogens is 2. The van der Waals surface area contributed by atoms with Gasteiger partial charge >= 0.3 is 0 Å². The Morgan fingerprint density at radius 1 is 1.43 bits per heavy atom. The van der Waals surface area contributed by atoms with E-state index in [4.69, 9.17) is 5.14 Å². The molecule has 0 bridgehead atoms. The van der Waals surface area contributed by atoms with Gasteiger partial charge in [-0.25, -0.2) is 17.9 Å². The highest BCUT2D eigenvalue weighted by Crippen LogP contribution is 2.16. The molecule has 0 aromatic heterocycles. The Morgan fingerprint density at radius 3 is 2.57 bits per heavy atom. The highest BCUT2D eigenvalue weighted by Gasteiger charge is 2.00. The molecule has 0 aliphatic carbocycles. The lowest BCUT2D eigenvalue weighted by molar-refractivity contribution is 0.606. The van der Waals surface area contributed by atoms with Crippen LogP contribution in [0.2, 0.25) is 0 Å². The number of hydrogen-bond acceptors (Lipinski definition) is 2. The molecule has 6 heteroatoms. The quantitative estimate of drug-likeness (QED) is 0.898. The van der Waals surface area contributed by atoms with Gasteiger partial charge in [0.25, 0.3) is 0 Å². The molecule has 0 radical (unpaired) electrons. The molecule has 0 aliphatic heterocycles. The summed E-state index contributed by atoms with van der Waals surface area (Å²) in [6.45, 7) is 0. The van der Waals surface area contributed by atoms with Crippen LogP contribution in [0.3, 0.4) is 0 Å². The van der Waals surface area contributed by atoms with Crippen LogP contribution in [0.1, 0.15) is 5.56 Å². The largest absolute Gasteiger partial charge is 0.231 e. The minimum atomic E-state index is -3.71. The van der Waals surface area contributed by atoms with Crippen molar-refractivity contribution in [1.82, 2.24) is 0 Å². The van der Waals surface area contributed by atoms with E-state index in [-0.39, 0.29) is 5.56 Å². The summed E-state index contributed by atoms with van der Waals surface area (Å²) in [6.07, 6.45) is 1.11. The van der Waals surface area contributed by atoms with Gasteiger partial charge in [-0.15, -0.1) is 0 Å². The topological polar surface area (TPSA) is 60.2 Å². The second-order valence-corrected chi connectivity index (χ2v) is 4.92. The summed E-state index contributed by atoms with van der Waals surface area (Å²) in [5.74, 6) is -0.515. The third-order valence-electron chi connectivity index (χ3n) is 1.40. The summed E-state index contributed by atoms with van der Waals surface area (Å²) in [4.78, 5) is 0. The maximum absolute atomic E-state index is 13.1. The first-order chi connectivity index (χ1) is 6.38. The Balaban J connectivity index is 3.05. The van der Waals surface area contributed by atoms with Gasteiger partial charge in [0.2, 0.25) is 10.0 Å². The number of nitrogens with two attached hydrogens (primary N) is 1. The zero-order valence-electron chi connectivity index (χ0n) is 6.94. The predicted molar refractivity (Wildman–Crippen MR) is 56.2 cm³/mol. The predicted octanol–water partition coefficient (Wildman–Crippen LogP) is 1.85. The molecular weight excluding hydrogens is 273 g/mol. The number of hydrogen-bond donors (Lipinski definition) is 1. The van der Waals surface area contributed by atoms with Gasteiger partial charge in [0.05, 0.1) is 0 Å².